The highest BCUT2D eigenvalue weighted by Gasteiger charge is 2.25. The highest BCUT2D eigenvalue weighted by Crippen LogP contribution is 2.22. The fraction of sp³-hybridized carbons (Fsp3) is 0.250. The van der Waals surface area contributed by atoms with Crippen molar-refractivity contribution in [3.63, 3.8) is 0 Å². The molecular formula is C16H15FN4OS. The maximum absolute atomic E-state index is 13.9. The Kier molecular flexibility index (Phi) is 3.49. The quantitative estimate of drug-likeness (QED) is 0.725. The largest absolute Gasteiger partial charge is 0.366 e. The van der Waals surface area contributed by atoms with Crippen LogP contribution < -0.4 is 4.90 Å². The average Bonchev–Trinajstić information content (AvgIpc) is 3.18. The molecule has 0 radical (unpaired) electrons. The SMILES string of the molecule is O=C(c1csc2nccn12)N1CCN(c2ccccc2F)CC1. The minimum absolute atomic E-state index is 0.00225. The van der Waals surface area contributed by atoms with Crippen LogP contribution in [0.3, 0.4) is 0 Å². The minimum Gasteiger partial charge on any atom is -0.366 e. The van der Waals surface area contributed by atoms with E-state index in [-0.39, 0.29) is 11.7 Å². The number of carbonyl (C=O) groups is 1. The molecule has 23 heavy (non-hydrogen) atoms. The van der Waals surface area contributed by atoms with Crippen LogP contribution in [0.1, 0.15) is 10.5 Å². The standard InChI is InChI=1S/C16H15FN4OS/c17-12-3-1-2-4-13(12)19-7-9-20(10-8-19)15(22)14-11-23-16-18-5-6-21(14)16/h1-6,11H,7-10H2. The van der Waals surface area contributed by atoms with Gasteiger partial charge in [-0.15, -0.1) is 11.3 Å². The van der Waals surface area contributed by atoms with E-state index < -0.39 is 0 Å². The molecule has 0 unspecified atom stereocenters. The molecule has 1 fully saturated rings. The number of piperazine rings is 1. The summed E-state index contributed by atoms with van der Waals surface area (Å²) < 4.78 is 15.7. The Bertz CT molecular complexity index is 851. The van der Waals surface area contributed by atoms with Gasteiger partial charge in [-0.3, -0.25) is 9.20 Å². The summed E-state index contributed by atoms with van der Waals surface area (Å²) in [6.45, 7) is 2.42. The summed E-state index contributed by atoms with van der Waals surface area (Å²) in [5.41, 5.74) is 1.24. The van der Waals surface area contributed by atoms with Gasteiger partial charge in [0.25, 0.3) is 5.91 Å². The Morgan fingerprint density at radius 3 is 2.74 bits per heavy atom. The molecule has 0 spiro atoms. The summed E-state index contributed by atoms with van der Waals surface area (Å²) in [7, 11) is 0. The van der Waals surface area contributed by atoms with Crippen molar-refractivity contribution in [1.29, 1.82) is 0 Å². The Morgan fingerprint density at radius 2 is 1.96 bits per heavy atom. The van der Waals surface area contributed by atoms with E-state index in [4.69, 9.17) is 0 Å². The van der Waals surface area contributed by atoms with E-state index in [1.807, 2.05) is 25.6 Å². The number of imidazole rings is 1. The highest BCUT2D eigenvalue weighted by atomic mass is 32.1. The van der Waals surface area contributed by atoms with Crippen LogP contribution in [0.2, 0.25) is 0 Å². The fourth-order valence-electron chi connectivity index (χ4n) is 2.90. The van der Waals surface area contributed by atoms with Gasteiger partial charge >= 0.3 is 0 Å². The maximum Gasteiger partial charge on any atom is 0.271 e. The third-order valence-electron chi connectivity index (χ3n) is 4.12. The van der Waals surface area contributed by atoms with E-state index in [9.17, 15) is 9.18 Å². The zero-order valence-corrected chi connectivity index (χ0v) is 13.2. The van der Waals surface area contributed by atoms with Gasteiger partial charge in [0.05, 0.1) is 5.69 Å². The van der Waals surface area contributed by atoms with Crippen LogP contribution in [0.25, 0.3) is 4.96 Å². The van der Waals surface area contributed by atoms with Crippen molar-refractivity contribution in [3.05, 3.63) is 53.6 Å². The number of nitrogens with zero attached hydrogens (tertiary/aromatic N) is 4. The van der Waals surface area contributed by atoms with Gasteiger partial charge < -0.3 is 9.80 Å². The van der Waals surface area contributed by atoms with Crippen LogP contribution in [0.4, 0.5) is 10.1 Å². The van der Waals surface area contributed by atoms with Gasteiger partial charge in [-0.2, -0.15) is 0 Å². The lowest BCUT2D eigenvalue weighted by molar-refractivity contribution is 0.0740. The lowest BCUT2D eigenvalue weighted by atomic mass is 10.2. The normalized spacial score (nSPS) is 15.3. The molecule has 1 aromatic carbocycles. The number of para-hydroxylation sites is 1. The molecule has 0 N–H and O–H groups in total. The Hall–Kier alpha value is -2.41. The van der Waals surface area contributed by atoms with E-state index in [0.717, 1.165) is 4.96 Å². The first-order chi connectivity index (χ1) is 11.2. The number of fused-ring (bicyclic) bond motifs is 1. The van der Waals surface area contributed by atoms with Crippen molar-refractivity contribution in [2.45, 2.75) is 0 Å². The fourth-order valence-corrected chi connectivity index (χ4v) is 3.73. The summed E-state index contributed by atoms with van der Waals surface area (Å²) in [5.74, 6) is -0.215. The molecule has 7 heteroatoms. The van der Waals surface area contributed by atoms with Gasteiger partial charge in [-0.05, 0) is 12.1 Å². The molecule has 3 heterocycles. The maximum atomic E-state index is 13.9. The van der Waals surface area contributed by atoms with E-state index in [1.54, 1.807) is 24.5 Å². The number of aromatic nitrogens is 2. The molecule has 4 rings (SSSR count). The zero-order chi connectivity index (χ0) is 15.8. The third kappa shape index (κ3) is 2.46. The zero-order valence-electron chi connectivity index (χ0n) is 12.4. The molecule has 118 valence electrons. The van der Waals surface area contributed by atoms with Crippen LogP contribution in [0.5, 0.6) is 0 Å². The predicted octanol–water partition coefficient (Wildman–Crippen LogP) is 2.50. The van der Waals surface area contributed by atoms with E-state index in [1.165, 1.54) is 17.4 Å². The molecule has 0 atom stereocenters. The monoisotopic (exact) mass is 330 g/mol. The summed E-state index contributed by atoms with van der Waals surface area (Å²) in [4.78, 5) is 21.5. The molecule has 2 aromatic heterocycles. The van der Waals surface area contributed by atoms with Crippen molar-refractivity contribution < 1.29 is 9.18 Å². The Morgan fingerprint density at radius 1 is 1.17 bits per heavy atom. The highest BCUT2D eigenvalue weighted by molar-refractivity contribution is 7.15. The van der Waals surface area contributed by atoms with Crippen molar-refractivity contribution in [1.82, 2.24) is 14.3 Å². The molecule has 0 aliphatic carbocycles. The van der Waals surface area contributed by atoms with Crippen LogP contribution >= 0.6 is 11.3 Å². The number of amides is 1. The van der Waals surface area contributed by atoms with Crippen LogP contribution in [-0.2, 0) is 0 Å². The van der Waals surface area contributed by atoms with E-state index in [2.05, 4.69) is 4.98 Å². The molecule has 1 amide bonds. The second kappa shape index (κ2) is 5.66. The van der Waals surface area contributed by atoms with Crippen molar-refractivity contribution >= 4 is 27.9 Å². The molecule has 0 saturated carbocycles. The van der Waals surface area contributed by atoms with Crippen LogP contribution in [-0.4, -0.2) is 46.4 Å². The second-order valence-corrected chi connectivity index (χ2v) is 6.27. The molecule has 3 aromatic rings. The van der Waals surface area contributed by atoms with E-state index in [0.29, 0.717) is 37.6 Å². The first-order valence-corrected chi connectivity index (χ1v) is 8.31. The Labute approximate surface area is 136 Å². The molecule has 5 nitrogen and oxygen atoms in total. The number of carbonyl (C=O) groups excluding carboxylic acids is 1. The third-order valence-corrected chi connectivity index (χ3v) is 4.98. The first kappa shape index (κ1) is 14.2. The second-order valence-electron chi connectivity index (χ2n) is 5.43. The molecular weight excluding hydrogens is 315 g/mol. The number of hydrogen-bond donors (Lipinski definition) is 0. The molecule has 1 aliphatic heterocycles. The molecule has 0 bridgehead atoms. The average molecular weight is 330 g/mol. The van der Waals surface area contributed by atoms with Crippen LogP contribution in [0, 0.1) is 5.82 Å². The van der Waals surface area contributed by atoms with Gasteiger partial charge in [-0.1, -0.05) is 12.1 Å². The van der Waals surface area contributed by atoms with Gasteiger partial charge in [0.2, 0.25) is 0 Å². The van der Waals surface area contributed by atoms with E-state index >= 15 is 0 Å². The van der Waals surface area contributed by atoms with Crippen molar-refractivity contribution in [3.8, 4) is 0 Å². The number of anilines is 1. The lowest BCUT2D eigenvalue weighted by Gasteiger charge is -2.36. The minimum atomic E-state index is -0.217. The number of hydrogen-bond acceptors (Lipinski definition) is 4. The summed E-state index contributed by atoms with van der Waals surface area (Å²) in [6.07, 6.45) is 3.49. The summed E-state index contributed by atoms with van der Waals surface area (Å²) in [5, 5.41) is 1.84. The first-order valence-electron chi connectivity index (χ1n) is 7.43. The number of halogens is 1. The lowest BCUT2D eigenvalue weighted by Crippen LogP contribution is -2.49. The molecule has 1 aliphatic rings. The summed E-state index contributed by atoms with van der Waals surface area (Å²) in [6, 6.07) is 6.76. The van der Waals surface area contributed by atoms with Crippen LogP contribution in [0.15, 0.2) is 42.0 Å². The molecule has 1 saturated heterocycles. The number of benzene rings is 1. The van der Waals surface area contributed by atoms with Gasteiger partial charge in [0.15, 0.2) is 4.96 Å². The van der Waals surface area contributed by atoms with Gasteiger partial charge in [0, 0.05) is 44.0 Å². The number of thiazole rings is 1. The Balaban J connectivity index is 1.48. The van der Waals surface area contributed by atoms with Crippen molar-refractivity contribution in [2.75, 3.05) is 31.1 Å². The number of rotatable bonds is 2. The predicted molar refractivity (Wildman–Crippen MR) is 87.6 cm³/mol. The smallest absolute Gasteiger partial charge is 0.271 e. The van der Waals surface area contributed by atoms with Crippen molar-refractivity contribution in [2.24, 2.45) is 0 Å². The summed E-state index contributed by atoms with van der Waals surface area (Å²) >= 11 is 1.46. The topological polar surface area (TPSA) is 40.9 Å². The van der Waals surface area contributed by atoms with Gasteiger partial charge in [0.1, 0.15) is 11.5 Å². The van der Waals surface area contributed by atoms with Gasteiger partial charge in [-0.25, -0.2) is 9.37 Å².